The lowest BCUT2D eigenvalue weighted by Crippen LogP contribution is -2.13. The van der Waals surface area contributed by atoms with Crippen LogP contribution >= 0.6 is 8.15 Å². The third-order valence-electron chi connectivity index (χ3n) is 4.39. The zero-order chi connectivity index (χ0) is 20.1. The Bertz CT molecular complexity index is 789. The van der Waals surface area contributed by atoms with Crippen LogP contribution in [0.25, 0.3) is 0 Å². The molecular formula is C22H29O4P. The van der Waals surface area contributed by atoms with Gasteiger partial charge in [0, 0.05) is 19.9 Å². The van der Waals surface area contributed by atoms with Crippen LogP contribution in [0.1, 0.15) is 47.2 Å². The van der Waals surface area contributed by atoms with E-state index in [1.54, 1.807) is 6.07 Å². The summed E-state index contributed by atoms with van der Waals surface area (Å²) >= 11 is 0. The van der Waals surface area contributed by atoms with Gasteiger partial charge < -0.3 is 14.7 Å². The highest BCUT2D eigenvalue weighted by atomic mass is 31.1. The van der Waals surface area contributed by atoms with Crippen molar-refractivity contribution in [2.75, 3.05) is 6.66 Å². The molecule has 0 spiro atoms. The molecule has 5 heteroatoms. The van der Waals surface area contributed by atoms with E-state index in [2.05, 4.69) is 26.0 Å². The van der Waals surface area contributed by atoms with Crippen molar-refractivity contribution in [3.63, 3.8) is 0 Å². The summed E-state index contributed by atoms with van der Waals surface area (Å²) < 4.78 is 5.18. The Balaban J connectivity index is 2.22. The molecule has 0 aromatic heterocycles. The van der Waals surface area contributed by atoms with Gasteiger partial charge in [0.2, 0.25) is 0 Å². The molecule has 0 saturated heterocycles. The highest BCUT2D eigenvalue weighted by molar-refractivity contribution is 7.49. The summed E-state index contributed by atoms with van der Waals surface area (Å²) in [5.74, 6) is -0.225. The Hall–Kier alpha value is -1.90. The summed E-state index contributed by atoms with van der Waals surface area (Å²) in [6.07, 6.45) is 1.32. The quantitative estimate of drug-likeness (QED) is 0.537. The molecule has 2 N–H and O–H groups in total. The van der Waals surface area contributed by atoms with Gasteiger partial charge in [-0.05, 0) is 74.7 Å². The van der Waals surface area contributed by atoms with Crippen molar-refractivity contribution in [2.45, 2.75) is 52.8 Å². The number of esters is 1. The second-order valence-electron chi connectivity index (χ2n) is 7.38. The minimum Gasteiger partial charge on any atom is -0.508 e. The first-order valence-electron chi connectivity index (χ1n) is 9.15. The number of carbonyl (C=O) groups excluding carboxylic acids is 1. The predicted octanol–water partition coefficient (Wildman–Crippen LogP) is 4.61. The van der Waals surface area contributed by atoms with Gasteiger partial charge in [0.05, 0.1) is 12.5 Å². The van der Waals surface area contributed by atoms with Crippen molar-refractivity contribution in [3.8, 4) is 5.75 Å². The van der Waals surface area contributed by atoms with Gasteiger partial charge in [0.1, 0.15) is 5.75 Å². The van der Waals surface area contributed by atoms with Crippen LogP contribution in [0, 0.1) is 13.8 Å². The first-order valence-corrected chi connectivity index (χ1v) is 11.1. The molecular weight excluding hydrogens is 359 g/mol. The lowest BCUT2D eigenvalue weighted by Gasteiger charge is -2.15. The molecule has 0 aliphatic heterocycles. The first kappa shape index (κ1) is 21.4. The van der Waals surface area contributed by atoms with Gasteiger partial charge >= 0.3 is 5.97 Å². The summed E-state index contributed by atoms with van der Waals surface area (Å²) in [6.45, 7) is 9.64. The lowest BCUT2D eigenvalue weighted by molar-refractivity contribution is -0.146. The second kappa shape index (κ2) is 9.34. The second-order valence-corrected chi connectivity index (χ2v) is 9.01. The van der Waals surface area contributed by atoms with Crippen molar-refractivity contribution >= 4 is 14.1 Å². The topological polar surface area (TPSA) is 66.8 Å². The molecule has 0 saturated carbocycles. The summed E-state index contributed by atoms with van der Waals surface area (Å²) in [4.78, 5) is 21.6. The maximum Gasteiger partial charge on any atom is 0.310 e. The largest absolute Gasteiger partial charge is 0.508 e. The van der Waals surface area contributed by atoms with E-state index in [-0.39, 0.29) is 24.2 Å². The average molecular weight is 388 g/mol. The molecule has 2 aromatic carbocycles. The molecule has 0 aliphatic rings. The van der Waals surface area contributed by atoms with Gasteiger partial charge in [0.25, 0.3) is 0 Å². The van der Waals surface area contributed by atoms with Crippen LogP contribution in [0.3, 0.4) is 0 Å². The van der Waals surface area contributed by atoms with Gasteiger partial charge in [0.15, 0.2) is 0 Å². The number of hydrogen-bond acceptors (Lipinski definition) is 4. The molecule has 0 heterocycles. The van der Waals surface area contributed by atoms with Crippen LogP contribution in [-0.4, -0.2) is 28.7 Å². The molecule has 146 valence electrons. The molecule has 1 unspecified atom stereocenters. The van der Waals surface area contributed by atoms with Gasteiger partial charge in [-0.3, -0.25) is 4.79 Å². The molecule has 0 radical (unpaired) electrons. The Morgan fingerprint density at radius 2 is 1.74 bits per heavy atom. The summed E-state index contributed by atoms with van der Waals surface area (Å²) in [5, 5.41) is 10.1. The van der Waals surface area contributed by atoms with Crippen molar-refractivity contribution in [1.82, 2.24) is 0 Å². The third kappa shape index (κ3) is 6.34. The van der Waals surface area contributed by atoms with Crippen LogP contribution in [0.5, 0.6) is 5.75 Å². The fraction of sp³-hybridized carbons (Fsp3) is 0.409. The Labute approximate surface area is 163 Å². The van der Waals surface area contributed by atoms with Crippen molar-refractivity contribution < 1.29 is 19.5 Å². The number of carbonyl (C=O) groups is 1. The molecule has 2 rings (SSSR count). The number of rotatable bonds is 7. The zero-order valence-corrected chi connectivity index (χ0v) is 17.6. The number of benzene rings is 2. The highest BCUT2D eigenvalue weighted by Gasteiger charge is 2.13. The van der Waals surface area contributed by atoms with E-state index in [4.69, 9.17) is 4.74 Å². The average Bonchev–Trinajstić information content (AvgIpc) is 2.52. The third-order valence-corrected chi connectivity index (χ3v) is 5.22. The molecule has 0 fully saturated rings. The van der Waals surface area contributed by atoms with E-state index in [1.165, 1.54) is 16.7 Å². The number of aryl methyl sites for hydroxylation is 2. The predicted molar refractivity (Wildman–Crippen MR) is 111 cm³/mol. The van der Waals surface area contributed by atoms with Gasteiger partial charge in [-0.25, -0.2) is 0 Å². The van der Waals surface area contributed by atoms with Crippen LogP contribution in [0.4, 0.5) is 0 Å². The van der Waals surface area contributed by atoms with Crippen LogP contribution in [-0.2, 0) is 28.5 Å². The lowest BCUT2D eigenvalue weighted by atomic mass is 9.93. The van der Waals surface area contributed by atoms with E-state index in [1.807, 2.05) is 32.6 Å². The smallest absolute Gasteiger partial charge is 0.310 e. The summed E-state index contributed by atoms with van der Waals surface area (Å²) in [6, 6.07) is 9.68. The summed E-state index contributed by atoms with van der Waals surface area (Å²) in [7, 11) is -0.954. The van der Waals surface area contributed by atoms with Gasteiger partial charge in [-0.1, -0.05) is 24.3 Å². The molecule has 4 nitrogen and oxygen atoms in total. The zero-order valence-electron chi connectivity index (χ0n) is 16.7. The number of phenolic OH excluding ortho intramolecular Hbond substituents is 1. The molecule has 0 aliphatic carbocycles. The van der Waals surface area contributed by atoms with Crippen molar-refractivity contribution in [3.05, 3.63) is 63.7 Å². The van der Waals surface area contributed by atoms with Gasteiger partial charge in [-0.2, -0.15) is 0 Å². The van der Waals surface area contributed by atoms with E-state index in [9.17, 15) is 14.8 Å². The standard InChI is InChI=1S/C22H29O4P/c1-14(2)26-22(24)12-19-10-17(6-7-21(19)23)11-20-15(3)8-18(9-16(20)4)13-27(5)25/h6-10,14,23,25H,11-13H2,1-5H3. The van der Waals surface area contributed by atoms with E-state index in [0.717, 1.165) is 17.5 Å². The normalized spacial score (nSPS) is 12.3. The van der Waals surface area contributed by atoms with Crippen molar-refractivity contribution in [2.24, 2.45) is 0 Å². The Morgan fingerprint density at radius 3 is 2.30 bits per heavy atom. The van der Waals surface area contributed by atoms with Crippen LogP contribution < -0.4 is 0 Å². The number of ether oxygens (including phenoxy) is 1. The Kier molecular flexibility index (Phi) is 7.41. The first-order chi connectivity index (χ1) is 12.7. The SMILES string of the molecule is Cc1cc(CP(C)O)cc(C)c1Cc1ccc(O)c(CC(=O)OC(C)C)c1. The molecule has 27 heavy (non-hydrogen) atoms. The van der Waals surface area contributed by atoms with E-state index in [0.29, 0.717) is 11.7 Å². The number of aromatic hydroxyl groups is 1. The van der Waals surface area contributed by atoms with Crippen molar-refractivity contribution in [1.29, 1.82) is 0 Å². The minimum absolute atomic E-state index is 0.0608. The maximum absolute atomic E-state index is 11.9. The van der Waals surface area contributed by atoms with Crippen LogP contribution in [0.15, 0.2) is 30.3 Å². The monoisotopic (exact) mass is 388 g/mol. The fourth-order valence-electron chi connectivity index (χ4n) is 3.27. The van der Waals surface area contributed by atoms with Gasteiger partial charge in [-0.15, -0.1) is 0 Å². The van der Waals surface area contributed by atoms with Crippen LogP contribution in [0.2, 0.25) is 0 Å². The highest BCUT2D eigenvalue weighted by Crippen LogP contribution is 2.32. The molecule has 2 aromatic rings. The minimum atomic E-state index is -0.954. The maximum atomic E-state index is 11.9. The molecule has 0 bridgehead atoms. The van der Waals surface area contributed by atoms with E-state index >= 15 is 0 Å². The fourth-order valence-corrected chi connectivity index (χ4v) is 3.98. The number of phenols is 1. The van der Waals surface area contributed by atoms with E-state index < -0.39 is 8.15 Å². The Morgan fingerprint density at radius 1 is 1.11 bits per heavy atom. The molecule has 0 amide bonds. The molecule has 1 atom stereocenters. The number of hydrogen-bond donors (Lipinski definition) is 2. The summed E-state index contributed by atoms with van der Waals surface area (Å²) in [5.41, 5.74) is 6.40.